The van der Waals surface area contributed by atoms with Crippen LogP contribution in [0.3, 0.4) is 0 Å². The number of hydrogen-bond donors (Lipinski definition) is 2. The number of pyridine rings is 2. The van der Waals surface area contributed by atoms with Crippen LogP contribution in [0.2, 0.25) is 0 Å². The molecule has 0 aliphatic carbocycles. The Morgan fingerprint density at radius 3 is 2.56 bits per heavy atom. The highest BCUT2D eigenvalue weighted by atomic mass is 16.1. The zero-order valence-electron chi connectivity index (χ0n) is 14.6. The third kappa shape index (κ3) is 3.77. The quantitative estimate of drug-likeness (QED) is 0.554. The lowest BCUT2D eigenvalue weighted by Gasteiger charge is -2.12. The predicted octanol–water partition coefficient (Wildman–Crippen LogP) is 4.49. The van der Waals surface area contributed by atoms with Gasteiger partial charge < -0.3 is 10.6 Å². The highest BCUT2D eigenvalue weighted by Crippen LogP contribution is 2.24. The Balaban J connectivity index is 1.57. The number of rotatable bonds is 5. The lowest BCUT2D eigenvalue weighted by Crippen LogP contribution is -2.16. The first-order valence-corrected chi connectivity index (χ1v) is 8.68. The van der Waals surface area contributed by atoms with E-state index in [2.05, 4.69) is 20.6 Å². The monoisotopic (exact) mass is 354 g/mol. The number of benzene rings is 2. The molecule has 0 aliphatic rings. The molecule has 0 saturated carbocycles. The Hall–Kier alpha value is -3.73. The first-order chi connectivity index (χ1) is 13.3. The SMILES string of the molecule is O=C(Nc1cccc2ccccc12)c1cccnc1NCc1ccncc1. The van der Waals surface area contributed by atoms with E-state index in [9.17, 15) is 4.79 Å². The molecule has 0 fully saturated rings. The molecule has 0 spiro atoms. The first kappa shape index (κ1) is 16.7. The number of hydrogen-bond acceptors (Lipinski definition) is 4. The minimum absolute atomic E-state index is 0.198. The summed E-state index contributed by atoms with van der Waals surface area (Å²) >= 11 is 0. The molecule has 0 radical (unpaired) electrons. The zero-order valence-corrected chi connectivity index (χ0v) is 14.6. The number of carbonyl (C=O) groups is 1. The van der Waals surface area contributed by atoms with Crippen LogP contribution in [0.5, 0.6) is 0 Å². The average Bonchev–Trinajstić information content (AvgIpc) is 2.73. The highest BCUT2D eigenvalue weighted by Gasteiger charge is 2.13. The molecule has 5 heteroatoms. The molecular weight excluding hydrogens is 336 g/mol. The third-order valence-electron chi connectivity index (χ3n) is 4.30. The fraction of sp³-hybridized carbons (Fsp3) is 0.0455. The Kier molecular flexibility index (Phi) is 4.74. The zero-order chi connectivity index (χ0) is 18.5. The van der Waals surface area contributed by atoms with Crippen LogP contribution < -0.4 is 10.6 Å². The molecule has 2 aromatic heterocycles. The lowest BCUT2D eigenvalue weighted by molar-refractivity contribution is 0.102. The fourth-order valence-electron chi connectivity index (χ4n) is 2.94. The van der Waals surface area contributed by atoms with Gasteiger partial charge in [-0.15, -0.1) is 0 Å². The van der Waals surface area contributed by atoms with Crippen LogP contribution in [-0.4, -0.2) is 15.9 Å². The molecule has 4 rings (SSSR count). The summed E-state index contributed by atoms with van der Waals surface area (Å²) in [6.07, 6.45) is 5.15. The fourth-order valence-corrected chi connectivity index (χ4v) is 2.94. The summed E-state index contributed by atoms with van der Waals surface area (Å²) in [7, 11) is 0. The molecule has 2 N–H and O–H groups in total. The Morgan fingerprint density at radius 1 is 0.852 bits per heavy atom. The number of fused-ring (bicyclic) bond motifs is 1. The molecule has 0 saturated heterocycles. The van der Waals surface area contributed by atoms with Gasteiger partial charge in [-0.05, 0) is 41.3 Å². The number of anilines is 2. The maximum atomic E-state index is 12.9. The van der Waals surface area contributed by atoms with Crippen LogP contribution in [0.25, 0.3) is 10.8 Å². The van der Waals surface area contributed by atoms with Crippen molar-refractivity contribution in [1.29, 1.82) is 0 Å². The van der Waals surface area contributed by atoms with Gasteiger partial charge in [0.1, 0.15) is 5.82 Å². The Bertz CT molecular complexity index is 1070. The summed E-state index contributed by atoms with van der Waals surface area (Å²) in [5.41, 5.74) is 2.34. The number of nitrogens with zero attached hydrogens (tertiary/aromatic N) is 2. The van der Waals surface area contributed by atoms with Crippen molar-refractivity contribution in [2.45, 2.75) is 6.54 Å². The van der Waals surface area contributed by atoms with Crippen LogP contribution in [0.15, 0.2) is 85.3 Å². The van der Waals surface area contributed by atoms with Crippen LogP contribution >= 0.6 is 0 Å². The molecular formula is C22H18N4O. The molecule has 132 valence electrons. The van der Waals surface area contributed by atoms with E-state index >= 15 is 0 Å². The maximum absolute atomic E-state index is 12.9. The molecule has 1 amide bonds. The summed E-state index contributed by atoms with van der Waals surface area (Å²) in [4.78, 5) is 21.2. The van der Waals surface area contributed by atoms with Crippen molar-refractivity contribution in [3.05, 3.63) is 96.4 Å². The van der Waals surface area contributed by atoms with Gasteiger partial charge in [0.25, 0.3) is 5.91 Å². The van der Waals surface area contributed by atoms with Crippen molar-refractivity contribution in [3.8, 4) is 0 Å². The largest absolute Gasteiger partial charge is 0.365 e. The second-order valence-corrected chi connectivity index (χ2v) is 6.09. The molecule has 5 nitrogen and oxygen atoms in total. The third-order valence-corrected chi connectivity index (χ3v) is 4.30. The van der Waals surface area contributed by atoms with E-state index < -0.39 is 0 Å². The summed E-state index contributed by atoms with van der Waals surface area (Å²) in [6.45, 7) is 0.564. The second kappa shape index (κ2) is 7.66. The smallest absolute Gasteiger partial charge is 0.259 e. The Morgan fingerprint density at radius 2 is 1.67 bits per heavy atom. The predicted molar refractivity (Wildman–Crippen MR) is 108 cm³/mol. The summed E-state index contributed by atoms with van der Waals surface area (Å²) < 4.78 is 0. The molecule has 0 unspecified atom stereocenters. The number of nitrogens with one attached hydrogen (secondary N) is 2. The van der Waals surface area contributed by atoms with Crippen LogP contribution in [-0.2, 0) is 6.54 Å². The molecule has 0 atom stereocenters. The summed E-state index contributed by atoms with van der Waals surface area (Å²) in [6, 6.07) is 21.2. The van der Waals surface area contributed by atoms with E-state index in [1.807, 2.05) is 54.6 Å². The summed E-state index contributed by atoms with van der Waals surface area (Å²) in [5, 5.41) is 8.33. The van der Waals surface area contributed by atoms with Gasteiger partial charge in [0.15, 0.2) is 0 Å². The van der Waals surface area contributed by atoms with Gasteiger partial charge in [0.2, 0.25) is 0 Å². The first-order valence-electron chi connectivity index (χ1n) is 8.68. The van der Waals surface area contributed by atoms with Gasteiger partial charge in [0.05, 0.1) is 5.56 Å². The lowest BCUT2D eigenvalue weighted by atomic mass is 10.1. The molecule has 2 aromatic carbocycles. The van der Waals surface area contributed by atoms with Gasteiger partial charge in [-0.3, -0.25) is 9.78 Å². The van der Waals surface area contributed by atoms with Crippen molar-refractivity contribution in [1.82, 2.24) is 9.97 Å². The van der Waals surface area contributed by atoms with E-state index in [0.29, 0.717) is 17.9 Å². The van der Waals surface area contributed by atoms with Crippen molar-refractivity contribution < 1.29 is 4.79 Å². The van der Waals surface area contributed by atoms with E-state index in [4.69, 9.17) is 0 Å². The van der Waals surface area contributed by atoms with Gasteiger partial charge in [-0.2, -0.15) is 0 Å². The molecule has 27 heavy (non-hydrogen) atoms. The average molecular weight is 354 g/mol. The number of carbonyl (C=O) groups excluding carboxylic acids is 1. The molecule has 0 bridgehead atoms. The van der Waals surface area contributed by atoms with Crippen molar-refractivity contribution >= 4 is 28.2 Å². The van der Waals surface area contributed by atoms with E-state index in [0.717, 1.165) is 22.0 Å². The molecule has 4 aromatic rings. The van der Waals surface area contributed by atoms with Crippen molar-refractivity contribution in [2.24, 2.45) is 0 Å². The topological polar surface area (TPSA) is 66.9 Å². The van der Waals surface area contributed by atoms with Gasteiger partial charge in [0, 0.05) is 36.2 Å². The Labute approximate surface area is 157 Å². The van der Waals surface area contributed by atoms with E-state index in [1.165, 1.54) is 0 Å². The summed E-state index contributed by atoms with van der Waals surface area (Å²) in [5.74, 6) is 0.351. The minimum Gasteiger partial charge on any atom is -0.365 e. The van der Waals surface area contributed by atoms with Gasteiger partial charge in [-0.1, -0.05) is 36.4 Å². The molecule has 2 heterocycles. The standard InChI is InChI=1S/C22H18N4O/c27-22(26-20-9-3-6-17-5-1-2-7-18(17)20)19-8-4-12-24-21(19)25-15-16-10-13-23-14-11-16/h1-14H,15H2,(H,24,25)(H,26,27). The minimum atomic E-state index is -0.198. The van der Waals surface area contributed by atoms with E-state index in [1.54, 1.807) is 30.7 Å². The van der Waals surface area contributed by atoms with Crippen molar-refractivity contribution in [2.75, 3.05) is 10.6 Å². The number of amides is 1. The maximum Gasteiger partial charge on any atom is 0.259 e. The highest BCUT2D eigenvalue weighted by molar-refractivity contribution is 6.11. The van der Waals surface area contributed by atoms with Crippen LogP contribution in [0.1, 0.15) is 15.9 Å². The van der Waals surface area contributed by atoms with Crippen molar-refractivity contribution in [3.63, 3.8) is 0 Å². The second-order valence-electron chi connectivity index (χ2n) is 6.09. The normalized spacial score (nSPS) is 10.5. The number of aromatic nitrogens is 2. The molecule has 0 aliphatic heterocycles. The van der Waals surface area contributed by atoms with E-state index in [-0.39, 0.29) is 5.91 Å². The van der Waals surface area contributed by atoms with Crippen LogP contribution in [0.4, 0.5) is 11.5 Å². The van der Waals surface area contributed by atoms with Gasteiger partial charge in [-0.25, -0.2) is 4.98 Å². The van der Waals surface area contributed by atoms with Crippen LogP contribution in [0, 0.1) is 0 Å². The van der Waals surface area contributed by atoms with Gasteiger partial charge >= 0.3 is 0 Å².